The summed E-state index contributed by atoms with van der Waals surface area (Å²) >= 11 is 0. The number of benzene rings is 1. The SMILES string of the molecule is CO[C@H]1[C@@H](C(F)(F)F)OC(N(C(=O)OC(C)(C)C)C(=O)OC(C)(C)C)=N[C@]1(C)c1cc(N)ccc1F. The highest BCUT2D eigenvalue weighted by Crippen LogP contribution is 2.44. The van der Waals surface area contributed by atoms with Crippen LogP contribution in [0.15, 0.2) is 23.2 Å². The minimum absolute atomic E-state index is 0.0328. The van der Waals surface area contributed by atoms with Gasteiger partial charge in [0.25, 0.3) is 0 Å². The second-order valence-electron chi connectivity index (χ2n) is 10.3. The molecule has 1 aromatic rings. The first-order valence-electron chi connectivity index (χ1n) is 10.9. The van der Waals surface area contributed by atoms with E-state index in [0.29, 0.717) is 0 Å². The van der Waals surface area contributed by atoms with E-state index in [9.17, 15) is 27.2 Å². The molecule has 2 amide bonds. The molecular weight excluding hydrogens is 490 g/mol. The predicted octanol–water partition coefficient (Wildman–Crippen LogP) is 5.13. The number of nitrogen functional groups attached to an aromatic ring is 1. The van der Waals surface area contributed by atoms with Gasteiger partial charge in [-0.25, -0.2) is 19.0 Å². The third kappa shape index (κ3) is 6.56. The zero-order chi connectivity index (χ0) is 27.9. The number of ether oxygens (including phenoxy) is 4. The number of aliphatic imine (C=N–C) groups is 1. The molecule has 1 aliphatic heterocycles. The Hall–Kier alpha value is -3.09. The van der Waals surface area contributed by atoms with Crippen LogP contribution in [-0.2, 0) is 24.5 Å². The summed E-state index contributed by atoms with van der Waals surface area (Å²) < 4.78 is 78.0. The first-order chi connectivity index (χ1) is 16.2. The molecule has 0 fully saturated rings. The average Bonchev–Trinajstić information content (AvgIpc) is 2.66. The highest BCUT2D eigenvalue weighted by molar-refractivity contribution is 6.06. The molecule has 0 aromatic heterocycles. The lowest BCUT2D eigenvalue weighted by Gasteiger charge is -2.44. The molecule has 3 atom stereocenters. The number of halogens is 4. The Morgan fingerprint density at radius 1 is 1.06 bits per heavy atom. The third-order valence-electron chi connectivity index (χ3n) is 4.84. The van der Waals surface area contributed by atoms with Crippen LogP contribution in [0.1, 0.15) is 54.0 Å². The summed E-state index contributed by atoms with van der Waals surface area (Å²) in [7, 11) is 0.967. The lowest BCUT2D eigenvalue weighted by Crippen LogP contribution is -2.60. The van der Waals surface area contributed by atoms with Crippen molar-refractivity contribution in [2.75, 3.05) is 12.8 Å². The second-order valence-corrected chi connectivity index (χ2v) is 10.3. The van der Waals surface area contributed by atoms with Gasteiger partial charge in [0.2, 0.25) is 6.10 Å². The molecule has 1 heterocycles. The van der Waals surface area contributed by atoms with Crippen molar-refractivity contribution in [3.8, 4) is 0 Å². The molecule has 1 aromatic carbocycles. The summed E-state index contributed by atoms with van der Waals surface area (Å²) in [5.74, 6) is -0.944. The molecule has 13 heteroatoms. The summed E-state index contributed by atoms with van der Waals surface area (Å²) in [5.41, 5.74) is 0.939. The van der Waals surface area contributed by atoms with Crippen molar-refractivity contribution in [3.05, 3.63) is 29.6 Å². The van der Waals surface area contributed by atoms with E-state index in [1.807, 2.05) is 0 Å². The molecule has 1 aliphatic rings. The number of rotatable bonds is 2. The van der Waals surface area contributed by atoms with Gasteiger partial charge in [-0.05, 0) is 66.7 Å². The van der Waals surface area contributed by atoms with Gasteiger partial charge < -0.3 is 24.7 Å². The summed E-state index contributed by atoms with van der Waals surface area (Å²) in [6.45, 7) is 10.0. The van der Waals surface area contributed by atoms with Crippen LogP contribution in [0.3, 0.4) is 0 Å². The van der Waals surface area contributed by atoms with Gasteiger partial charge in [-0.1, -0.05) is 0 Å². The summed E-state index contributed by atoms with van der Waals surface area (Å²) in [6, 6.07) is 2.14. The predicted molar refractivity (Wildman–Crippen MR) is 122 cm³/mol. The molecular formula is C23H31F4N3O6. The number of amides is 2. The molecule has 0 unspecified atom stereocenters. The van der Waals surface area contributed by atoms with Crippen molar-refractivity contribution in [1.29, 1.82) is 0 Å². The smallest absolute Gasteiger partial charge is 0.428 e. The fourth-order valence-corrected chi connectivity index (χ4v) is 3.44. The molecule has 2 N–H and O–H groups in total. The van der Waals surface area contributed by atoms with E-state index in [0.717, 1.165) is 26.2 Å². The Bertz CT molecular complexity index is 1000. The number of hydrogen-bond donors (Lipinski definition) is 1. The van der Waals surface area contributed by atoms with E-state index in [-0.39, 0.29) is 16.2 Å². The second kappa shape index (κ2) is 9.75. The van der Waals surface area contributed by atoms with Gasteiger partial charge in [-0.2, -0.15) is 13.2 Å². The quantitative estimate of drug-likeness (QED) is 0.424. The topological polar surface area (TPSA) is 113 Å². The maximum Gasteiger partial charge on any atom is 0.428 e. The zero-order valence-corrected chi connectivity index (χ0v) is 21.3. The fraction of sp³-hybridized carbons (Fsp3) is 0.609. The maximum absolute atomic E-state index is 14.9. The van der Waals surface area contributed by atoms with Gasteiger partial charge >= 0.3 is 24.4 Å². The average molecular weight is 522 g/mol. The number of carbonyl (C=O) groups excluding carboxylic acids is 2. The first kappa shape index (κ1) is 29.1. The molecule has 0 saturated carbocycles. The lowest BCUT2D eigenvalue weighted by molar-refractivity contribution is -0.245. The van der Waals surface area contributed by atoms with Crippen molar-refractivity contribution < 1.29 is 46.1 Å². The third-order valence-corrected chi connectivity index (χ3v) is 4.84. The van der Waals surface area contributed by atoms with Crippen molar-refractivity contribution in [3.63, 3.8) is 0 Å². The van der Waals surface area contributed by atoms with E-state index < -0.39 is 59.2 Å². The van der Waals surface area contributed by atoms with Gasteiger partial charge in [0.05, 0.1) is 0 Å². The number of amidine groups is 1. The van der Waals surface area contributed by atoms with Crippen LogP contribution < -0.4 is 5.73 Å². The van der Waals surface area contributed by atoms with Crippen LogP contribution in [-0.4, -0.2) is 59.8 Å². The number of anilines is 1. The summed E-state index contributed by atoms with van der Waals surface area (Å²) in [4.78, 5) is 30.2. The monoisotopic (exact) mass is 521 g/mol. The normalized spacial score (nSPS) is 22.8. The maximum atomic E-state index is 14.9. The van der Waals surface area contributed by atoms with Crippen molar-refractivity contribution in [2.45, 2.75) is 83.6 Å². The fourth-order valence-electron chi connectivity index (χ4n) is 3.44. The number of carbonyl (C=O) groups is 2. The number of alkyl halides is 3. The minimum atomic E-state index is -5.09. The number of methoxy groups -OCH3 is 1. The van der Waals surface area contributed by atoms with Crippen LogP contribution in [0.25, 0.3) is 0 Å². The Morgan fingerprint density at radius 2 is 1.56 bits per heavy atom. The molecule has 0 bridgehead atoms. The van der Waals surface area contributed by atoms with E-state index in [1.54, 1.807) is 0 Å². The molecule has 2 rings (SSSR count). The van der Waals surface area contributed by atoms with Crippen molar-refractivity contribution >= 4 is 23.9 Å². The molecule has 0 spiro atoms. The first-order valence-corrected chi connectivity index (χ1v) is 10.9. The lowest BCUT2D eigenvalue weighted by atomic mass is 9.82. The Balaban J connectivity index is 2.82. The summed E-state index contributed by atoms with van der Waals surface area (Å²) in [6.07, 6.45) is -12.6. The van der Waals surface area contributed by atoms with Gasteiger partial charge in [0, 0.05) is 18.4 Å². The Labute approximate surface area is 206 Å². The van der Waals surface area contributed by atoms with Crippen molar-refractivity contribution in [1.82, 2.24) is 4.90 Å². The largest absolute Gasteiger partial charge is 0.448 e. The van der Waals surface area contributed by atoms with Crippen molar-refractivity contribution in [2.24, 2.45) is 4.99 Å². The number of nitrogens with zero attached hydrogens (tertiary/aromatic N) is 2. The standard InChI is InChI=1S/C23H31F4N3O6/c1-20(2,3)35-18(31)30(19(32)36-21(4,5)6)17-29-22(7,13-11-12(28)9-10-14(13)24)15(33-8)16(34-17)23(25,26)27/h9-11,15-16H,28H2,1-8H3/t15-,16-,22+/m0/s1. The Kier molecular flexibility index (Phi) is 7.90. The molecule has 0 radical (unpaired) electrons. The van der Waals surface area contributed by atoms with E-state index in [4.69, 9.17) is 24.7 Å². The van der Waals surface area contributed by atoms with Crippen LogP contribution >= 0.6 is 0 Å². The van der Waals surface area contributed by atoms with Crippen LogP contribution in [0.5, 0.6) is 0 Å². The summed E-state index contributed by atoms with van der Waals surface area (Å²) in [5, 5.41) is 0. The zero-order valence-electron chi connectivity index (χ0n) is 21.3. The van der Waals surface area contributed by atoms with E-state index in [2.05, 4.69) is 4.99 Å². The molecule has 0 aliphatic carbocycles. The number of hydrogen-bond acceptors (Lipinski definition) is 8. The van der Waals surface area contributed by atoms with Gasteiger partial charge in [-0.15, -0.1) is 4.90 Å². The molecule has 202 valence electrons. The molecule has 9 nitrogen and oxygen atoms in total. The highest BCUT2D eigenvalue weighted by Gasteiger charge is 2.60. The number of nitrogens with two attached hydrogens (primary N) is 1. The van der Waals surface area contributed by atoms with Gasteiger partial charge in [0.1, 0.15) is 28.7 Å². The Morgan fingerprint density at radius 3 is 1.97 bits per heavy atom. The highest BCUT2D eigenvalue weighted by atomic mass is 19.4. The molecule has 36 heavy (non-hydrogen) atoms. The minimum Gasteiger partial charge on any atom is -0.448 e. The van der Waals surface area contributed by atoms with Gasteiger partial charge in [0.15, 0.2) is 0 Å². The van der Waals surface area contributed by atoms with Crippen LogP contribution in [0, 0.1) is 5.82 Å². The van der Waals surface area contributed by atoms with E-state index in [1.165, 1.54) is 47.6 Å². The number of imide groups is 1. The van der Waals surface area contributed by atoms with E-state index >= 15 is 0 Å². The van der Waals surface area contributed by atoms with Gasteiger partial charge in [-0.3, -0.25) is 0 Å². The van der Waals surface area contributed by atoms with Crippen LogP contribution in [0.2, 0.25) is 0 Å². The molecule has 0 saturated heterocycles. The van der Waals surface area contributed by atoms with Crippen LogP contribution in [0.4, 0.5) is 32.8 Å².